The van der Waals surface area contributed by atoms with E-state index in [0.29, 0.717) is 0 Å². The fourth-order valence-electron chi connectivity index (χ4n) is 1.20. The van der Waals surface area contributed by atoms with Crippen LogP contribution in [-0.2, 0) is 9.53 Å². The molecule has 1 unspecified atom stereocenters. The van der Waals surface area contributed by atoms with Crippen LogP contribution >= 0.6 is 0 Å². The van der Waals surface area contributed by atoms with Gasteiger partial charge in [0.2, 0.25) is 0 Å². The Morgan fingerprint density at radius 3 is 2.50 bits per heavy atom. The van der Waals surface area contributed by atoms with Gasteiger partial charge in [0.05, 0.1) is 7.11 Å². The summed E-state index contributed by atoms with van der Waals surface area (Å²) in [7, 11) is 1.43. The second kappa shape index (κ2) is 7.10. The summed E-state index contributed by atoms with van der Waals surface area (Å²) in [6, 6.07) is -0.0428. The van der Waals surface area contributed by atoms with E-state index < -0.39 is 0 Å². The third kappa shape index (κ3) is 3.72. The van der Waals surface area contributed by atoms with E-state index in [1.165, 1.54) is 13.5 Å². The molecule has 3 heteroatoms. The number of carbonyl (C=O) groups is 1. The molecular formula is C9H19NO2. The molecular weight excluding hydrogens is 154 g/mol. The average molecular weight is 173 g/mol. The molecule has 12 heavy (non-hydrogen) atoms. The van der Waals surface area contributed by atoms with Gasteiger partial charge in [-0.2, -0.15) is 0 Å². The molecule has 1 saturated heterocycles. The van der Waals surface area contributed by atoms with Crippen LogP contribution in [0.15, 0.2) is 0 Å². The summed E-state index contributed by atoms with van der Waals surface area (Å²) >= 11 is 0. The molecule has 0 spiro atoms. The van der Waals surface area contributed by atoms with Crippen molar-refractivity contribution in [2.24, 2.45) is 0 Å². The van der Waals surface area contributed by atoms with Crippen LogP contribution in [0.4, 0.5) is 0 Å². The van der Waals surface area contributed by atoms with E-state index in [4.69, 9.17) is 0 Å². The fraction of sp³-hybridized carbons (Fsp3) is 0.889. The van der Waals surface area contributed by atoms with Gasteiger partial charge in [-0.05, 0) is 19.4 Å². The van der Waals surface area contributed by atoms with Gasteiger partial charge in [0.1, 0.15) is 6.04 Å². The van der Waals surface area contributed by atoms with Crippen LogP contribution in [0.2, 0.25) is 0 Å². The van der Waals surface area contributed by atoms with Crippen LogP contribution in [0.5, 0.6) is 0 Å². The molecule has 0 aromatic heterocycles. The van der Waals surface area contributed by atoms with Gasteiger partial charge >= 0.3 is 5.97 Å². The van der Waals surface area contributed by atoms with Gasteiger partial charge in [0.25, 0.3) is 0 Å². The molecule has 1 rings (SSSR count). The number of hydrogen-bond acceptors (Lipinski definition) is 3. The fourth-order valence-corrected chi connectivity index (χ4v) is 1.20. The van der Waals surface area contributed by atoms with Crippen LogP contribution < -0.4 is 5.32 Å². The average Bonchev–Trinajstić information content (AvgIpc) is 2.21. The van der Waals surface area contributed by atoms with E-state index >= 15 is 0 Å². The minimum Gasteiger partial charge on any atom is -0.468 e. The molecule has 1 N–H and O–H groups in total. The molecule has 0 bridgehead atoms. The van der Waals surface area contributed by atoms with Gasteiger partial charge < -0.3 is 10.1 Å². The van der Waals surface area contributed by atoms with Crippen molar-refractivity contribution in [2.75, 3.05) is 13.7 Å². The number of esters is 1. The zero-order chi connectivity index (χ0) is 9.40. The number of rotatable bonds is 1. The predicted molar refractivity (Wildman–Crippen MR) is 49.0 cm³/mol. The maximum absolute atomic E-state index is 10.9. The Labute approximate surface area is 74.5 Å². The molecule has 0 aliphatic carbocycles. The number of carbonyl (C=O) groups excluding carboxylic acids is 1. The molecule has 0 amide bonds. The lowest BCUT2D eigenvalue weighted by Gasteiger charge is -2.20. The number of methoxy groups -OCH3 is 1. The first kappa shape index (κ1) is 11.4. The second-order valence-corrected chi connectivity index (χ2v) is 2.53. The van der Waals surface area contributed by atoms with Crippen LogP contribution in [0.3, 0.4) is 0 Å². The Bertz CT molecular complexity index is 120. The number of piperidine rings is 1. The van der Waals surface area contributed by atoms with Crippen LogP contribution in [0.1, 0.15) is 33.1 Å². The van der Waals surface area contributed by atoms with E-state index in [0.717, 1.165) is 19.4 Å². The lowest BCUT2D eigenvalue weighted by atomic mass is 10.1. The summed E-state index contributed by atoms with van der Waals surface area (Å²) in [6.07, 6.45) is 3.23. The van der Waals surface area contributed by atoms with E-state index in [9.17, 15) is 4.79 Å². The number of ether oxygens (including phenoxy) is 1. The Hall–Kier alpha value is -0.570. The van der Waals surface area contributed by atoms with Crippen molar-refractivity contribution in [3.05, 3.63) is 0 Å². The third-order valence-electron chi connectivity index (χ3n) is 1.80. The second-order valence-electron chi connectivity index (χ2n) is 2.53. The van der Waals surface area contributed by atoms with E-state index in [-0.39, 0.29) is 12.0 Å². The van der Waals surface area contributed by atoms with Gasteiger partial charge in [0.15, 0.2) is 0 Å². The summed E-state index contributed by atoms with van der Waals surface area (Å²) in [5, 5.41) is 3.10. The smallest absolute Gasteiger partial charge is 0.322 e. The molecule has 0 aromatic carbocycles. The summed E-state index contributed by atoms with van der Waals surface area (Å²) < 4.78 is 4.59. The molecule has 0 aromatic rings. The SMILES string of the molecule is CC.COC(=O)C1CCCCN1. The van der Waals surface area contributed by atoms with Crippen molar-refractivity contribution in [1.82, 2.24) is 5.32 Å². The highest BCUT2D eigenvalue weighted by Gasteiger charge is 2.20. The zero-order valence-corrected chi connectivity index (χ0v) is 8.22. The monoisotopic (exact) mass is 173 g/mol. The first-order valence-corrected chi connectivity index (χ1v) is 4.66. The minimum absolute atomic E-state index is 0.0428. The number of hydrogen-bond donors (Lipinski definition) is 1. The summed E-state index contributed by atoms with van der Waals surface area (Å²) in [5.41, 5.74) is 0. The highest BCUT2D eigenvalue weighted by molar-refractivity contribution is 5.75. The first-order chi connectivity index (χ1) is 5.84. The normalized spacial score (nSPS) is 22.1. The summed E-state index contributed by atoms with van der Waals surface area (Å²) in [4.78, 5) is 10.9. The molecule has 0 saturated carbocycles. The van der Waals surface area contributed by atoms with E-state index in [1.54, 1.807) is 0 Å². The Morgan fingerprint density at radius 1 is 1.42 bits per heavy atom. The largest absolute Gasteiger partial charge is 0.468 e. The summed E-state index contributed by atoms with van der Waals surface area (Å²) in [5.74, 6) is -0.125. The molecule has 0 radical (unpaired) electrons. The number of nitrogens with one attached hydrogen (secondary N) is 1. The predicted octanol–water partition coefficient (Wildman–Crippen LogP) is 1.33. The van der Waals surface area contributed by atoms with Gasteiger partial charge in [-0.3, -0.25) is 4.79 Å². The van der Waals surface area contributed by atoms with Crippen molar-refractivity contribution in [1.29, 1.82) is 0 Å². The minimum atomic E-state index is -0.125. The molecule has 1 heterocycles. The first-order valence-electron chi connectivity index (χ1n) is 4.66. The van der Waals surface area contributed by atoms with Gasteiger partial charge in [-0.15, -0.1) is 0 Å². The van der Waals surface area contributed by atoms with Crippen molar-refractivity contribution in [3.63, 3.8) is 0 Å². The van der Waals surface area contributed by atoms with Crippen molar-refractivity contribution in [3.8, 4) is 0 Å². The third-order valence-corrected chi connectivity index (χ3v) is 1.80. The van der Waals surface area contributed by atoms with Gasteiger partial charge in [0, 0.05) is 0 Å². The Kier molecular flexibility index (Phi) is 6.76. The Morgan fingerprint density at radius 2 is 2.08 bits per heavy atom. The van der Waals surface area contributed by atoms with Gasteiger partial charge in [-0.25, -0.2) is 0 Å². The molecule has 1 fully saturated rings. The maximum Gasteiger partial charge on any atom is 0.322 e. The van der Waals surface area contributed by atoms with E-state index in [2.05, 4.69) is 10.1 Å². The molecule has 3 nitrogen and oxygen atoms in total. The lowest BCUT2D eigenvalue weighted by Crippen LogP contribution is -2.40. The highest BCUT2D eigenvalue weighted by atomic mass is 16.5. The Balaban J connectivity index is 0.000000561. The molecule has 1 aliphatic heterocycles. The van der Waals surface area contributed by atoms with Crippen LogP contribution in [-0.4, -0.2) is 25.7 Å². The highest BCUT2D eigenvalue weighted by Crippen LogP contribution is 2.07. The quantitative estimate of drug-likeness (QED) is 0.608. The molecule has 1 atom stereocenters. The van der Waals surface area contributed by atoms with Gasteiger partial charge in [-0.1, -0.05) is 20.3 Å². The topological polar surface area (TPSA) is 38.3 Å². The molecule has 72 valence electrons. The van der Waals surface area contributed by atoms with Crippen molar-refractivity contribution < 1.29 is 9.53 Å². The lowest BCUT2D eigenvalue weighted by molar-refractivity contribution is -0.143. The molecule has 1 aliphatic rings. The summed E-state index contributed by atoms with van der Waals surface area (Å²) in [6.45, 7) is 4.94. The van der Waals surface area contributed by atoms with Crippen molar-refractivity contribution in [2.45, 2.75) is 39.2 Å². The van der Waals surface area contributed by atoms with Crippen LogP contribution in [0.25, 0.3) is 0 Å². The standard InChI is InChI=1S/C7H13NO2.C2H6/c1-10-7(9)6-4-2-3-5-8-6;1-2/h6,8H,2-5H2,1H3;1-2H3. The maximum atomic E-state index is 10.9. The van der Waals surface area contributed by atoms with Crippen LogP contribution in [0, 0.1) is 0 Å². The van der Waals surface area contributed by atoms with E-state index in [1.807, 2.05) is 13.8 Å². The zero-order valence-electron chi connectivity index (χ0n) is 8.22. The van der Waals surface area contributed by atoms with Crippen molar-refractivity contribution >= 4 is 5.97 Å².